The second kappa shape index (κ2) is 4.93. The highest BCUT2D eigenvalue weighted by atomic mass is 32.2. The summed E-state index contributed by atoms with van der Waals surface area (Å²) in [5, 5.41) is 1.36. The monoisotopic (exact) mass is 271 g/mol. The second-order valence-corrected chi connectivity index (χ2v) is 4.99. The third kappa shape index (κ3) is 2.17. The van der Waals surface area contributed by atoms with E-state index in [2.05, 4.69) is 22.1 Å². The van der Waals surface area contributed by atoms with Gasteiger partial charge >= 0.3 is 0 Å². The van der Waals surface area contributed by atoms with Crippen molar-refractivity contribution in [3.63, 3.8) is 0 Å². The number of aromatic nitrogens is 3. The Balaban J connectivity index is 2.19. The van der Waals surface area contributed by atoms with Gasteiger partial charge in [0.1, 0.15) is 5.65 Å². The fraction of sp³-hybridized carbons (Fsp3) is 0.143. The molecule has 0 aliphatic carbocycles. The zero-order valence-electron chi connectivity index (χ0n) is 10.5. The molecule has 0 atom stereocenters. The van der Waals surface area contributed by atoms with Crippen molar-refractivity contribution in [2.24, 2.45) is 0 Å². The summed E-state index contributed by atoms with van der Waals surface area (Å²) in [6.07, 6.45) is 3.71. The lowest BCUT2D eigenvalue weighted by Crippen LogP contribution is -2.16. The van der Waals surface area contributed by atoms with Crippen molar-refractivity contribution in [1.29, 1.82) is 0 Å². The van der Waals surface area contributed by atoms with Gasteiger partial charge in [-0.15, -0.1) is 0 Å². The average molecular weight is 271 g/mol. The molecule has 2 aromatic heterocycles. The molecule has 0 radical (unpaired) electrons. The van der Waals surface area contributed by atoms with Gasteiger partial charge in [0.15, 0.2) is 5.16 Å². The average Bonchev–Trinajstić information content (AvgIpc) is 2.93. The van der Waals surface area contributed by atoms with Crippen LogP contribution in [0.4, 0.5) is 0 Å². The Labute approximate surface area is 114 Å². The van der Waals surface area contributed by atoms with Gasteiger partial charge in [-0.05, 0) is 17.9 Å². The summed E-state index contributed by atoms with van der Waals surface area (Å²) in [6.45, 7) is 0.696. The zero-order chi connectivity index (χ0) is 13.2. The van der Waals surface area contributed by atoms with Crippen LogP contribution < -0.4 is 5.56 Å². The lowest BCUT2D eigenvalue weighted by molar-refractivity contribution is 0.691. The molecule has 0 aliphatic rings. The number of aromatic amines is 1. The van der Waals surface area contributed by atoms with E-state index >= 15 is 0 Å². The summed E-state index contributed by atoms with van der Waals surface area (Å²) in [7, 11) is 0. The molecular formula is C14H13N3OS. The number of hydrogen-bond donors (Lipinski definition) is 1. The van der Waals surface area contributed by atoms with E-state index in [1.54, 1.807) is 12.3 Å². The number of fused-ring (bicyclic) bond motifs is 1. The molecule has 0 fully saturated rings. The van der Waals surface area contributed by atoms with E-state index in [4.69, 9.17) is 0 Å². The van der Waals surface area contributed by atoms with Crippen LogP contribution in [0, 0.1) is 0 Å². The summed E-state index contributed by atoms with van der Waals surface area (Å²) in [6, 6.07) is 11.9. The molecule has 2 heterocycles. The van der Waals surface area contributed by atoms with Gasteiger partial charge in [0.05, 0.1) is 11.9 Å². The van der Waals surface area contributed by atoms with Gasteiger partial charge in [-0.2, -0.15) is 4.98 Å². The molecule has 0 amide bonds. The molecule has 0 unspecified atom stereocenters. The lowest BCUT2D eigenvalue weighted by Gasteiger charge is -2.12. The SMILES string of the molecule is CSc1nc(=O)c2cc[nH]c2n1Cc1ccccc1. The largest absolute Gasteiger partial charge is 0.347 e. The molecule has 4 nitrogen and oxygen atoms in total. The van der Waals surface area contributed by atoms with E-state index in [-0.39, 0.29) is 5.56 Å². The molecule has 0 spiro atoms. The van der Waals surface area contributed by atoms with Crippen LogP contribution >= 0.6 is 11.8 Å². The minimum Gasteiger partial charge on any atom is -0.347 e. The van der Waals surface area contributed by atoms with Crippen LogP contribution in [0.25, 0.3) is 11.0 Å². The molecule has 3 aromatic rings. The highest BCUT2D eigenvalue weighted by Crippen LogP contribution is 2.18. The zero-order valence-corrected chi connectivity index (χ0v) is 11.3. The molecule has 96 valence electrons. The summed E-state index contributed by atoms with van der Waals surface area (Å²) in [5.41, 5.74) is 1.83. The second-order valence-electron chi connectivity index (χ2n) is 4.22. The predicted octanol–water partition coefficient (Wildman–Crippen LogP) is 2.49. The minimum atomic E-state index is -0.176. The van der Waals surface area contributed by atoms with Crippen molar-refractivity contribution in [2.75, 3.05) is 6.26 Å². The van der Waals surface area contributed by atoms with Gasteiger partial charge in [0.2, 0.25) is 0 Å². The maximum atomic E-state index is 11.9. The Kier molecular flexibility index (Phi) is 3.13. The van der Waals surface area contributed by atoms with E-state index in [0.29, 0.717) is 11.9 Å². The number of thioether (sulfide) groups is 1. The topological polar surface area (TPSA) is 50.7 Å². The van der Waals surface area contributed by atoms with Gasteiger partial charge in [-0.3, -0.25) is 4.79 Å². The van der Waals surface area contributed by atoms with Gasteiger partial charge in [0, 0.05) is 6.20 Å². The summed E-state index contributed by atoms with van der Waals surface area (Å²) < 4.78 is 2.04. The van der Waals surface area contributed by atoms with Gasteiger partial charge in [-0.25, -0.2) is 0 Å². The normalized spacial score (nSPS) is 11.0. The van der Waals surface area contributed by atoms with E-state index in [1.165, 1.54) is 17.3 Å². The quantitative estimate of drug-likeness (QED) is 0.588. The molecule has 0 aliphatic heterocycles. The molecule has 0 bridgehead atoms. The Morgan fingerprint density at radius 3 is 2.79 bits per heavy atom. The number of nitrogens with one attached hydrogen (secondary N) is 1. The van der Waals surface area contributed by atoms with Crippen molar-refractivity contribution in [3.05, 3.63) is 58.5 Å². The maximum absolute atomic E-state index is 11.9. The van der Waals surface area contributed by atoms with Crippen LogP contribution in [0.15, 0.2) is 52.5 Å². The Bertz CT molecular complexity index is 761. The predicted molar refractivity (Wildman–Crippen MR) is 77.7 cm³/mol. The Morgan fingerprint density at radius 1 is 1.26 bits per heavy atom. The van der Waals surface area contributed by atoms with Crippen LogP contribution in [0.3, 0.4) is 0 Å². The molecule has 3 rings (SSSR count). The fourth-order valence-corrected chi connectivity index (χ4v) is 2.68. The Morgan fingerprint density at radius 2 is 2.05 bits per heavy atom. The number of benzene rings is 1. The van der Waals surface area contributed by atoms with E-state index < -0.39 is 0 Å². The Hall–Kier alpha value is -2.01. The van der Waals surface area contributed by atoms with Crippen molar-refractivity contribution < 1.29 is 0 Å². The highest BCUT2D eigenvalue weighted by Gasteiger charge is 2.11. The number of nitrogens with zero attached hydrogens (tertiary/aromatic N) is 2. The molecule has 19 heavy (non-hydrogen) atoms. The lowest BCUT2D eigenvalue weighted by atomic mass is 10.2. The first-order valence-corrected chi connectivity index (χ1v) is 7.18. The molecular weight excluding hydrogens is 258 g/mol. The van der Waals surface area contributed by atoms with Gasteiger partial charge < -0.3 is 9.55 Å². The maximum Gasteiger partial charge on any atom is 0.283 e. The van der Waals surface area contributed by atoms with Crippen molar-refractivity contribution >= 4 is 22.8 Å². The van der Waals surface area contributed by atoms with Crippen LogP contribution in [-0.4, -0.2) is 20.8 Å². The summed E-state index contributed by atoms with van der Waals surface area (Å²) in [5.74, 6) is 0. The summed E-state index contributed by atoms with van der Waals surface area (Å²) in [4.78, 5) is 19.1. The minimum absolute atomic E-state index is 0.176. The van der Waals surface area contributed by atoms with Crippen molar-refractivity contribution in [1.82, 2.24) is 14.5 Å². The molecule has 1 N–H and O–H groups in total. The first kappa shape index (κ1) is 12.0. The highest BCUT2D eigenvalue weighted by molar-refractivity contribution is 7.98. The van der Waals surface area contributed by atoms with Crippen LogP contribution in [-0.2, 0) is 6.54 Å². The van der Waals surface area contributed by atoms with E-state index in [9.17, 15) is 4.79 Å². The van der Waals surface area contributed by atoms with E-state index in [1.807, 2.05) is 29.0 Å². The first-order valence-electron chi connectivity index (χ1n) is 5.95. The third-order valence-electron chi connectivity index (χ3n) is 3.02. The smallest absolute Gasteiger partial charge is 0.283 e. The third-order valence-corrected chi connectivity index (χ3v) is 3.70. The number of H-pyrrole nitrogens is 1. The first-order chi connectivity index (χ1) is 9.29. The van der Waals surface area contributed by atoms with Crippen LogP contribution in [0.5, 0.6) is 0 Å². The molecule has 1 aromatic carbocycles. The molecule has 0 saturated heterocycles. The fourth-order valence-electron chi connectivity index (χ4n) is 2.13. The molecule has 0 saturated carbocycles. The molecule has 5 heteroatoms. The van der Waals surface area contributed by atoms with Crippen LogP contribution in [0.1, 0.15) is 5.56 Å². The van der Waals surface area contributed by atoms with Gasteiger partial charge in [0.25, 0.3) is 5.56 Å². The van der Waals surface area contributed by atoms with E-state index in [0.717, 1.165) is 10.8 Å². The van der Waals surface area contributed by atoms with Crippen LogP contribution in [0.2, 0.25) is 0 Å². The van der Waals surface area contributed by atoms with Gasteiger partial charge in [-0.1, -0.05) is 42.1 Å². The van der Waals surface area contributed by atoms with Crippen molar-refractivity contribution in [2.45, 2.75) is 11.7 Å². The number of rotatable bonds is 3. The standard InChI is InChI=1S/C14H13N3OS/c1-19-14-16-13(18)11-7-8-15-12(11)17(14)9-10-5-3-2-4-6-10/h2-8,15H,9H2,1H3. The van der Waals surface area contributed by atoms with Crippen molar-refractivity contribution in [3.8, 4) is 0 Å². The number of hydrogen-bond acceptors (Lipinski definition) is 3. The summed E-state index contributed by atoms with van der Waals surface area (Å²) >= 11 is 1.48.